The van der Waals surface area contributed by atoms with Crippen LogP contribution in [0.3, 0.4) is 0 Å². The highest BCUT2D eigenvalue weighted by atomic mass is 19.4. The molecule has 0 bridgehead atoms. The molecular formula is C20H22F3N3O. The monoisotopic (exact) mass is 377 g/mol. The lowest BCUT2D eigenvalue weighted by Gasteiger charge is -2.18. The Morgan fingerprint density at radius 1 is 0.926 bits per heavy atom. The van der Waals surface area contributed by atoms with Gasteiger partial charge in [-0.05, 0) is 61.4 Å². The number of benzene rings is 2. The molecule has 0 unspecified atom stereocenters. The van der Waals surface area contributed by atoms with Gasteiger partial charge in [0.2, 0.25) is 5.91 Å². The molecule has 0 atom stereocenters. The fourth-order valence-corrected chi connectivity index (χ4v) is 3.05. The number of hydrogen-bond donors (Lipinski definition) is 2. The number of rotatable bonds is 6. The van der Waals surface area contributed by atoms with Gasteiger partial charge in [-0.25, -0.2) is 0 Å². The highest BCUT2D eigenvalue weighted by Gasteiger charge is 2.29. The van der Waals surface area contributed by atoms with Crippen LogP contribution in [0.15, 0.2) is 48.5 Å². The summed E-state index contributed by atoms with van der Waals surface area (Å²) in [6.45, 7) is 2.63. The first-order chi connectivity index (χ1) is 12.9. The van der Waals surface area contributed by atoms with E-state index in [-0.39, 0.29) is 12.3 Å². The molecular weight excluding hydrogens is 355 g/mol. The van der Waals surface area contributed by atoms with Gasteiger partial charge in [-0.2, -0.15) is 13.2 Å². The average molecular weight is 377 g/mol. The predicted octanol–water partition coefficient (Wildman–Crippen LogP) is 4.75. The minimum atomic E-state index is -4.38. The van der Waals surface area contributed by atoms with E-state index in [0.29, 0.717) is 12.2 Å². The molecule has 144 valence electrons. The third-order valence-electron chi connectivity index (χ3n) is 4.52. The van der Waals surface area contributed by atoms with Gasteiger partial charge in [-0.1, -0.05) is 0 Å². The molecule has 0 aromatic heterocycles. The Morgan fingerprint density at radius 3 is 2.11 bits per heavy atom. The normalized spacial score (nSPS) is 14.3. The van der Waals surface area contributed by atoms with E-state index in [1.165, 1.54) is 30.7 Å². The molecule has 0 aliphatic carbocycles. The first-order valence-electron chi connectivity index (χ1n) is 8.98. The number of hydrogen-bond acceptors (Lipinski definition) is 3. The minimum absolute atomic E-state index is 0.217. The van der Waals surface area contributed by atoms with Crippen molar-refractivity contribution < 1.29 is 18.0 Å². The molecule has 27 heavy (non-hydrogen) atoms. The lowest BCUT2D eigenvalue weighted by molar-refractivity contribution is -0.137. The Kier molecular flexibility index (Phi) is 5.88. The number of amides is 1. The average Bonchev–Trinajstić information content (AvgIpc) is 3.17. The second kappa shape index (κ2) is 8.33. The molecule has 1 aliphatic rings. The molecule has 0 saturated carbocycles. The van der Waals surface area contributed by atoms with Crippen molar-refractivity contribution in [2.75, 3.05) is 35.2 Å². The maximum absolute atomic E-state index is 12.5. The number of carbonyl (C=O) groups excluding carboxylic acids is 1. The number of nitrogens with zero attached hydrogens (tertiary/aromatic N) is 1. The van der Waals surface area contributed by atoms with Crippen LogP contribution in [0.1, 0.15) is 24.8 Å². The number of carbonyl (C=O) groups is 1. The van der Waals surface area contributed by atoms with Crippen LogP contribution in [0.2, 0.25) is 0 Å². The van der Waals surface area contributed by atoms with E-state index in [0.717, 1.165) is 30.9 Å². The zero-order chi connectivity index (χ0) is 19.3. The molecule has 2 aromatic carbocycles. The molecule has 2 aromatic rings. The maximum atomic E-state index is 12.5. The Bertz CT molecular complexity index is 752. The highest BCUT2D eigenvalue weighted by molar-refractivity contribution is 5.91. The topological polar surface area (TPSA) is 44.4 Å². The van der Waals surface area contributed by atoms with Crippen LogP contribution in [-0.4, -0.2) is 25.5 Å². The van der Waals surface area contributed by atoms with Crippen molar-refractivity contribution in [3.05, 3.63) is 54.1 Å². The van der Waals surface area contributed by atoms with Gasteiger partial charge in [0.1, 0.15) is 0 Å². The fourth-order valence-electron chi connectivity index (χ4n) is 3.05. The van der Waals surface area contributed by atoms with Crippen molar-refractivity contribution in [3.8, 4) is 0 Å². The van der Waals surface area contributed by atoms with Crippen molar-refractivity contribution in [3.63, 3.8) is 0 Å². The number of nitrogens with one attached hydrogen (secondary N) is 2. The summed E-state index contributed by atoms with van der Waals surface area (Å²) < 4.78 is 37.6. The van der Waals surface area contributed by atoms with Crippen molar-refractivity contribution >= 4 is 23.0 Å². The largest absolute Gasteiger partial charge is 0.416 e. The van der Waals surface area contributed by atoms with Gasteiger partial charge in [0, 0.05) is 43.1 Å². The molecule has 1 heterocycles. The van der Waals surface area contributed by atoms with Gasteiger partial charge in [0.15, 0.2) is 0 Å². The van der Waals surface area contributed by atoms with Crippen LogP contribution in [0.4, 0.5) is 30.2 Å². The molecule has 1 amide bonds. The molecule has 0 spiro atoms. The van der Waals surface area contributed by atoms with Gasteiger partial charge in [0.25, 0.3) is 0 Å². The maximum Gasteiger partial charge on any atom is 0.416 e. The summed E-state index contributed by atoms with van der Waals surface area (Å²) >= 11 is 0. The quantitative estimate of drug-likeness (QED) is 0.764. The summed E-state index contributed by atoms with van der Waals surface area (Å²) in [4.78, 5) is 14.3. The highest BCUT2D eigenvalue weighted by Crippen LogP contribution is 2.29. The van der Waals surface area contributed by atoms with E-state index in [2.05, 4.69) is 27.7 Å². The Hall–Kier alpha value is -2.70. The molecule has 1 fully saturated rings. The summed E-state index contributed by atoms with van der Waals surface area (Å²) in [5, 5.41) is 5.78. The molecule has 0 radical (unpaired) electrons. The standard InChI is InChI=1S/C20H22F3N3O/c21-20(22,23)15-3-5-17(6-4-15)25-19(27)11-12-24-16-7-9-18(10-8-16)26-13-1-2-14-26/h3-10,24H,1-2,11-14H2,(H,25,27). The fraction of sp³-hybridized carbons (Fsp3) is 0.350. The van der Waals surface area contributed by atoms with E-state index < -0.39 is 11.7 Å². The number of alkyl halides is 3. The van der Waals surface area contributed by atoms with Gasteiger partial charge >= 0.3 is 6.18 Å². The van der Waals surface area contributed by atoms with Crippen LogP contribution in [0, 0.1) is 0 Å². The third kappa shape index (κ3) is 5.39. The molecule has 7 heteroatoms. The molecule has 3 rings (SSSR count). The van der Waals surface area contributed by atoms with Gasteiger partial charge in [-0.15, -0.1) is 0 Å². The van der Waals surface area contributed by atoms with Crippen molar-refractivity contribution in [1.29, 1.82) is 0 Å². The van der Waals surface area contributed by atoms with E-state index in [1.807, 2.05) is 12.1 Å². The van der Waals surface area contributed by atoms with E-state index in [4.69, 9.17) is 0 Å². The second-order valence-electron chi connectivity index (χ2n) is 6.54. The summed E-state index contributed by atoms with van der Waals surface area (Å²) in [6, 6.07) is 12.5. The smallest absolute Gasteiger partial charge is 0.385 e. The minimum Gasteiger partial charge on any atom is -0.385 e. The number of halogens is 3. The summed E-state index contributed by atoms with van der Waals surface area (Å²) in [7, 11) is 0. The van der Waals surface area contributed by atoms with E-state index >= 15 is 0 Å². The molecule has 4 nitrogen and oxygen atoms in total. The first-order valence-corrected chi connectivity index (χ1v) is 8.98. The lowest BCUT2D eigenvalue weighted by Crippen LogP contribution is -2.18. The summed E-state index contributed by atoms with van der Waals surface area (Å²) in [5.41, 5.74) is 1.75. The summed E-state index contributed by atoms with van der Waals surface area (Å²) in [6.07, 6.45) is -1.70. The van der Waals surface area contributed by atoms with E-state index in [1.54, 1.807) is 0 Å². The Morgan fingerprint density at radius 2 is 1.52 bits per heavy atom. The van der Waals surface area contributed by atoms with Crippen molar-refractivity contribution in [2.24, 2.45) is 0 Å². The van der Waals surface area contributed by atoms with Gasteiger partial charge < -0.3 is 15.5 Å². The number of anilines is 3. The Balaban J connectivity index is 1.42. The van der Waals surface area contributed by atoms with Crippen LogP contribution in [0.5, 0.6) is 0 Å². The van der Waals surface area contributed by atoms with Gasteiger partial charge in [-0.3, -0.25) is 4.79 Å². The zero-order valence-corrected chi connectivity index (χ0v) is 14.9. The van der Waals surface area contributed by atoms with Crippen LogP contribution >= 0.6 is 0 Å². The van der Waals surface area contributed by atoms with Crippen LogP contribution < -0.4 is 15.5 Å². The van der Waals surface area contributed by atoms with Gasteiger partial charge in [0.05, 0.1) is 5.56 Å². The lowest BCUT2D eigenvalue weighted by atomic mass is 10.2. The predicted molar refractivity (Wildman–Crippen MR) is 101 cm³/mol. The second-order valence-corrected chi connectivity index (χ2v) is 6.54. The molecule has 1 saturated heterocycles. The summed E-state index contributed by atoms with van der Waals surface area (Å²) in [5.74, 6) is -0.254. The zero-order valence-electron chi connectivity index (χ0n) is 14.9. The third-order valence-corrected chi connectivity index (χ3v) is 4.52. The van der Waals surface area contributed by atoms with Crippen LogP contribution in [-0.2, 0) is 11.0 Å². The SMILES string of the molecule is O=C(CCNc1ccc(N2CCCC2)cc1)Nc1ccc(C(F)(F)F)cc1. The Labute approximate surface area is 156 Å². The molecule has 1 aliphatic heterocycles. The van der Waals surface area contributed by atoms with Crippen molar-refractivity contribution in [1.82, 2.24) is 0 Å². The first kappa shape index (κ1) is 19.1. The van der Waals surface area contributed by atoms with Crippen LogP contribution in [0.25, 0.3) is 0 Å². The molecule has 2 N–H and O–H groups in total. The van der Waals surface area contributed by atoms with E-state index in [9.17, 15) is 18.0 Å². The van der Waals surface area contributed by atoms with Crippen molar-refractivity contribution in [2.45, 2.75) is 25.4 Å².